The lowest BCUT2D eigenvalue weighted by Gasteiger charge is -2.26. The fourth-order valence-electron chi connectivity index (χ4n) is 6.73. The minimum atomic E-state index is 1.12. The highest BCUT2D eigenvalue weighted by Gasteiger charge is 2.15. The van der Waals surface area contributed by atoms with Crippen molar-refractivity contribution >= 4 is 70.1 Å². The molecule has 2 heteroatoms. The van der Waals surface area contributed by atoms with Crippen LogP contribution in [0.1, 0.15) is 0 Å². The first kappa shape index (κ1) is 26.7. The van der Waals surface area contributed by atoms with Gasteiger partial charge in [-0.25, -0.2) is 0 Å². The average Bonchev–Trinajstić information content (AvgIpc) is 3.51. The third-order valence-corrected chi connectivity index (χ3v) is 10.2. The number of benzene rings is 8. The molecule has 0 bridgehead atoms. The molecule has 0 aliphatic heterocycles. The molecule has 0 amide bonds. The van der Waals surface area contributed by atoms with E-state index in [0.29, 0.717) is 0 Å². The second-order valence-corrected chi connectivity index (χ2v) is 12.9. The van der Waals surface area contributed by atoms with Crippen LogP contribution in [0.4, 0.5) is 17.1 Å². The first-order valence-corrected chi connectivity index (χ1v) is 16.5. The largest absolute Gasteiger partial charge is 0.310 e. The summed E-state index contributed by atoms with van der Waals surface area (Å²) in [7, 11) is 0. The van der Waals surface area contributed by atoms with E-state index in [9.17, 15) is 0 Å². The molecule has 0 saturated carbocycles. The lowest BCUT2D eigenvalue weighted by Crippen LogP contribution is -2.09. The Hall–Kier alpha value is -5.70. The molecule has 9 rings (SSSR count). The SMILES string of the molecule is c1ccc(-c2ccc(N(c3ccc(-c4ccc5sc6ccccc6c5c4)cc3)c3ccc4c(ccc5ccccc54)c3)cc2)cc1. The van der Waals surface area contributed by atoms with E-state index in [0.717, 1.165) is 17.1 Å². The van der Waals surface area contributed by atoms with E-state index in [1.165, 1.54) is 64.0 Å². The van der Waals surface area contributed by atoms with Gasteiger partial charge in [-0.3, -0.25) is 0 Å². The number of nitrogens with zero attached hydrogens (tertiary/aromatic N) is 1. The Balaban J connectivity index is 1.14. The predicted octanol–water partition coefficient (Wildman–Crippen LogP) is 13.2. The molecule has 0 spiro atoms. The van der Waals surface area contributed by atoms with E-state index in [-0.39, 0.29) is 0 Å². The number of thiophene rings is 1. The summed E-state index contributed by atoms with van der Waals surface area (Å²) < 4.78 is 2.66. The van der Waals surface area contributed by atoms with Crippen molar-refractivity contribution in [2.75, 3.05) is 4.90 Å². The van der Waals surface area contributed by atoms with Gasteiger partial charge in [0.2, 0.25) is 0 Å². The summed E-state index contributed by atoms with van der Waals surface area (Å²) in [5, 5.41) is 7.70. The van der Waals surface area contributed by atoms with Crippen molar-refractivity contribution in [1.29, 1.82) is 0 Å². The summed E-state index contributed by atoms with van der Waals surface area (Å²) in [5.41, 5.74) is 8.26. The lowest BCUT2D eigenvalue weighted by atomic mass is 10.00. The maximum Gasteiger partial charge on any atom is 0.0468 e. The van der Waals surface area contributed by atoms with E-state index < -0.39 is 0 Å². The Bertz CT molecular complexity index is 2510. The van der Waals surface area contributed by atoms with E-state index in [1.807, 2.05) is 11.3 Å². The van der Waals surface area contributed by atoms with Gasteiger partial charge in [0.05, 0.1) is 0 Å². The molecule has 0 radical (unpaired) electrons. The molecule has 0 fully saturated rings. The van der Waals surface area contributed by atoms with Crippen LogP contribution in [0.15, 0.2) is 176 Å². The standard InChI is InChI=1S/C44H29NS/c1-2-8-30(9-3-1)31-16-21-36(22-17-31)45(38-25-26-40-35(28-38)15-14-33-10-4-5-11-39(33)40)37-23-18-32(19-24-37)34-20-27-44-42(29-34)41-12-6-7-13-43(41)46-44/h1-29H. The van der Waals surface area contributed by atoms with Gasteiger partial charge in [-0.2, -0.15) is 0 Å². The molecule has 0 saturated heterocycles. The molecule has 216 valence electrons. The maximum atomic E-state index is 2.36. The predicted molar refractivity (Wildman–Crippen MR) is 200 cm³/mol. The normalized spacial score (nSPS) is 11.5. The number of fused-ring (bicyclic) bond motifs is 6. The maximum absolute atomic E-state index is 2.36. The first-order chi connectivity index (χ1) is 22.8. The molecule has 0 atom stereocenters. The molecule has 0 aliphatic rings. The molecule has 1 nitrogen and oxygen atoms in total. The zero-order valence-electron chi connectivity index (χ0n) is 25.1. The number of anilines is 3. The molecule has 9 aromatic rings. The van der Waals surface area contributed by atoms with Crippen LogP contribution in [-0.4, -0.2) is 0 Å². The molecule has 8 aromatic carbocycles. The van der Waals surface area contributed by atoms with E-state index in [1.54, 1.807) is 0 Å². The van der Waals surface area contributed by atoms with Crippen molar-refractivity contribution in [2.24, 2.45) is 0 Å². The third-order valence-electron chi connectivity index (χ3n) is 9.05. The number of rotatable bonds is 5. The Morgan fingerprint density at radius 1 is 0.304 bits per heavy atom. The minimum Gasteiger partial charge on any atom is -0.310 e. The van der Waals surface area contributed by atoms with Gasteiger partial charge in [-0.05, 0) is 98.4 Å². The van der Waals surface area contributed by atoms with Crippen LogP contribution in [0, 0.1) is 0 Å². The van der Waals surface area contributed by atoms with Crippen molar-refractivity contribution in [3.8, 4) is 22.3 Å². The second kappa shape index (κ2) is 11.0. The highest BCUT2D eigenvalue weighted by atomic mass is 32.1. The van der Waals surface area contributed by atoms with E-state index >= 15 is 0 Å². The topological polar surface area (TPSA) is 3.24 Å². The summed E-state index contributed by atoms with van der Waals surface area (Å²) in [4.78, 5) is 2.36. The number of hydrogen-bond acceptors (Lipinski definition) is 2. The van der Waals surface area contributed by atoms with Gasteiger partial charge in [0.25, 0.3) is 0 Å². The van der Waals surface area contributed by atoms with E-state index in [4.69, 9.17) is 0 Å². The highest BCUT2D eigenvalue weighted by Crippen LogP contribution is 2.40. The summed E-state index contributed by atoms with van der Waals surface area (Å²) in [6.07, 6.45) is 0. The highest BCUT2D eigenvalue weighted by molar-refractivity contribution is 7.25. The van der Waals surface area contributed by atoms with Crippen molar-refractivity contribution in [3.63, 3.8) is 0 Å². The number of hydrogen-bond donors (Lipinski definition) is 0. The van der Waals surface area contributed by atoms with Gasteiger partial charge < -0.3 is 4.90 Å². The zero-order valence-corrected chi connectivity index (χ0v) is 25.9. The molecule has 46 heavy (non-hydrogen) atoms. The van der Waals surface area contributed by atoms with Crippen LogP contribution in [0.5, 0.6) is 0 Å². The third kappa shape index (κ3) is 4.63. The second-order valence-electron chi connectivity index (χ2n) is 11.8. The van der Waals surface area contributed by atoms with Gasteiger partial charge in [-0.15, -0.1) is 11.3 Å². The fraction of sp³-hybridized carbons (Fsp3) is 0. The van der Waals surface area contributed by atoms with Crippen LogP contribution in [0.3, 0.4) is 0 Å². The lowest BCUT2D eigenvalue weighted by molar-refractivity contribution is 1.29. The van der Waals surface area contributed by atoms with E-state index in [2.05, 4.69) is 181 Å². The smallest absolute Gasteiger partial charge is 0.0468 e. The molecular weight excluding hydrogens is 575 g/mol. The molecule has 0 N–H and O–H groups in total. The van der Waals surface area contributed by atoms with Gasteiger partial charge in [0.15, 0.2) is 0 Å². The Labute approximate surface area is 272 Å². The summed E-state index contributed by atoms with van der Waals surface area (Å²) in [6, 6.07) is 64.0. The fourth-order valence-corrected chi connectivity index (χ4v) is 7.82. The molecule has 1 aromatic heterocycles. The summed E-state index contributed by atoms with van der Waals surface area (Å²) in [6.45, 7) is 0. The Morgan fingerprint density at radius 3 is 1.63 bits per heavy atom. The van der Waals surface area contributed by atoms with Crippen LogP contribution in [-0.2, 0) is 0 Å². The van der Waals surface area contributed by atoms with Gasteiger partial charge >= 0.3 is 0 Å². The Morgan fingerprint density at radius 2 is 0.848 bits per heavy atom. The van der Waals surface area contributed by atoms with Gasteiger partial charge in [0.1, 0.15) is 0 Å². The summed E-state index contributed by atoms with van der Waals surface area (Å²) >= 11 is 1.86. The zero-order chi connectivity index (χ0) is 30.5. The quantitative estimate of drug-likeness (QED) is 0.177. The minimum absolute atomic E-state index is 1.12. The molecule has 1 heterocycles. The van der Waals surface area contributed by atoms with Gasteiger partial charge in [-0.1, -0.05) is 121 Å². The van der Waals surface area contributed by atoms with Crippen molar-refractivity contribution < 1.29 is 0 Å². The van der Waals surface area contributed by atoms with Crippen LogP contribution in [0.2, 0.25) is 0 Å². The van der Waals surface area contributed by atoms with Gasteiger partial charge in [0, 0.05) is 37.2 Å². The van der Waals surface area contributed by atoms with Crippen molar-refractivity contribution in [2.45, 2.75) is 0 Å². The summed E-state index contributed by atoms with van der Waals surface area (Å²) in [5.74, 6) is 0. The van der Waals surface area contributed by atoms with Crippen molar-refractivity contribution in [1.82, 2.24) is 0 Å². The van der Waals surface area contributed by atoms with Crippen molar-refractivity contribution in [3.05, 3.63) is 176 Å². The van der Waals surface area contributed by atoms with Crippen LogP contribution >= 0.6 is 11.3 Å². The molecule has 0 unspecified atom stereocenters. The monoisotopic (exact) mass is 603 g/mol. The molecule has 0 aliphatic carbocycles. The Kier molecular flexibility index (Phi) is 6.40. The average molecular weight is 604 g/mol. The van der Waals surface area contributed by atoms with Crippen LogP contribution in [0.25, 0.3) is 64.0 Å². The van der Waals surface area contributed by atoms with Crippen LogP contribution < -0.4 is 4.90 Å². The first-order valence-electron chi connectivity index (χ1n) is 15.7. The molecular formula is C44H29NS.